The van der Waals surface area contributed by atoms with Crippen molar-refractivity contribution in [2.45, 2.75) is 66.7 Å². The summed E-state index contributed by atoms with van der Waals surface area (Å²) in [6.45, 7) is 21.3. The van der Waals surface area contributed by atoms with Gasteiger partial charge in [-0.25, -0.2) is 0 Å². The molecule has 0 aliphatic heterocycles. The van der Waals surface area contributed by atoms with Crippen LogP contribution in [0.4, 0.5) is 22.7 Å². The lowest BCUT2D eigenvalue weighted by Gasteiger charge is -2.06. The second kappa shape index (κ2) is 23.8. The predicted octanol–water partition coefficient (Wildman–Crippen LogP) is 12.4. The Morgan fingerprint density at radius 3 is 1.37 bits per heavy atom. The van der Waals surface area contributed by atoms with E-state index in [4.69, 9.17) is 27.5 Å². The molecule has 5 aromatic rings. The van der Waals surface area contributed by atoms with Crippen LogP contribution in [-0.4, -0.2) is 13.0 Å². The van der Waals surface area contributed by atoms with Crippen LogP contribution in [0.5, 0.6) is 0 Å². The summed E-state index contributed by atoms with van der Waals surface area (Å²) in [5, 5.41) is 9.93. The highest BCUT2D eigenvalue weighted by Crippen LogP contribution is 2.31. The Labute approximate surface area is 328 Å². The van der Waals surface area contributed by atoms with Crippen molar-refractivity contribution in [3.8, 4) is 0 Å². The Bertz CT molecular complexity index is 1840. The summed E-state index contributed by atoms with van der Waals surface area (Å²) in [5.74, 6) is 1.83. The quantitative estimate of drug-likeness (QED) is 0.0977. The van der Waals surface area contributed by atoms with Crippen LogP contribution in [0.25, 0.3) is 16.7 Å². The number of rotatable bonds is 8. The molecular weight excluding hydrogens is 745 g/mol. The fourth-order valence-corrected chi connectivity index (χ4v) is 7.96. The number of allylic oxidation sites excluding steroid dienone is 5. The van der Waals surface area contributed by atoms with Crippen LogP contribution in [0.15, 0.2) is 105 Å². The largest absolute Gasteiger partial charge is 0.398 e. The van der Waals surface area contributed by atoms with Gasteiger partial charge in [0.15, 0.2) is 0 Å². The maximum Gasteiger partial charge on any atom is 0.294 e. The van der Waals surface area contributed by atoms with Crippen molar-refractivity contribution in [1.82, 2.24) is 0 Å². The molecule has 0 bridgehead atoms. The van der Waals surface area contributed by atoms with Gasteiger partial charge >= 0.3 is 0 Å². The average molecular weight is 801 g/mol. The average Bonchev–Trinajstić information content (AvgIpc) is 3.87. The van der Waals surface area contributed by atoms with E-state index in [0.29, 0.717) is 17.8 Å². The fraction of sp³-hybridized carbons (Fsp3) is 0.300. The second-order valence-corrected chi connectivity index (χ2v) is 17.8. The van der Waals surface area contributed by atoms with Crippen LogP contribution in [0.3, 0.4) is 0 Å². The van der Waals surface area contributed by atoms with Crippen LogP contribution in [0.2, 0.25) is 0 Å². The topological polar surface area (TPSA) is 158 Å². The molecule has 0 saturated carbocycles. The van der Waals surface area contributed by atoms with Crippen LogP contribution in [-0.2, 0) is 10.1 Å². The molecular formula is C40H56N4O3S5. The summed E-state index contributed by atoms with van der Waals surface area (Å²) < 4.78 is 29.2. The van der Waals surface area contributed by atoms with Crippen molar-refractivity contribution in [2.24, 2.45) is 17.8 Å². The van der Waals surface area contributed by atoms with Crippen molar-refractivity contribution in [2.75, 3.05) is 22.9 Å². The van der Waals surface area contributed by atoms with Crippen LogP contribution < -0.4 is 22.9 Å². The number of nitrogens with two attached hydrogens (primary N) is 4. The first kappa shape index (κ1) is 46.4. The summed E-state index contributed by atoms with van der Waals surface area (Å²) >= 11 is 6.70. The number of benzene rings is 1. The lowest BCUT2D eigenvalue weighted by molar-refractivity contribution is 0.483. The molecule has 0 aliphatic carbocycles. The molecule has 0 saturated heterocycles. The molecule has 0 spiro atoms. The number of hydrogen-bond donors (Lipinski definition) is 5. The molecule has 284 valence electrons. The minimum Gasteiger partial charge on any atom is -0.398 e. The molecule has 0 radical (unpaired) electrons. The van der Waals surface area contributed by atoms with Gasteiger partial charge in [-0.15, -0.1) is 34.0 Å². The first-order valence-corrected chi connectivity index (χ1v) is 21.7. The normalized spacial score (nSPS) is 11.4. The minimum atomic E-state index is -4.00. The van der Waals surface area contributed by atoms with E-state index in [0.717, 1.165) is 39.6 Å². The van der Waals surface area contributed by atoms with Gasteiger partial charge in [0.25, 0.3) is 10.1 Å². The maximum absolute atomic E-state index is 10.4. The molecule has 0 amide bonds. The molecule has 4 heterocycles. The van der Waals surface area contributed by atoms with Gasteiger partial charge in [0, 0.05) is 28.1 Å². The number of anilines is 4. The smallest absolute Gasteiger partial charge is 0.294 e. The lowest BCUT2D eigenvalue weighted by Crippen LogP contribution is -1.96. The van der Waals surface area contributed by atoms with E-state index in [1.54, 1.807) is 63.5 Å². The van der Waals surface area contributed by atoms with Crippen molar-refractivity contribution < 1.29 is 13.0 Å². The van der Waals surface area contributed by atoms with E-state index in [9.17, 15) is 8.42 Å². The molecule has 12 heteroatoms. The van der Waals surface area contributed by atoms with Gasteiger partial charge in [-0.3, -0.25) is 4.55 Å². The Kier molecular flexibility index (Phi) is 21.2. The Hall–Kier alpha value is -3.65. The number of thiophene rings is 4. The summed E-state index contributed by atoms with van der Waals surface area (Å²) in [5.41, 5.74) is 29.9. The third-order valence-electron chi connectivity index (χ3n) is 6.53. The molecule has 0 fully saturated rings. The molecule has 4 aromatic heterocycles. The highest BCUT2D eigenvalue weighted by molar-refractivity contribution is 7.85. The van der Waals surface area contributed by atoms with Crippen LogP contribution in [0, 0.1) is 17.8 Å². The Morgan fingerprint density at radius 2 is 1.12 bits per heavy atom. The van der Waals surface area contributed by atoms with Gasteiger partial charge in [0.05, 0.1) is 19.5 Å². The Morgan fingerprint density at radius 1 is 0.692 bits per heavy atom. The van der Waals surface area contributed by atoms with E-state index < -0.39 is 10.1 Å². The van der Waals surface area contributed by atoms with Crippen molar-refractivity contribution >= 4 is 94.9 Å². The first-order chi connectivity index (χ1) is 24.3. The van der Waals surface area contributed by atoms with Crippen molar-refractivity contribution in [1.29, 1.82) is 0 Å². The Balaban J connectivity index is 0.000000330. The number of hydrogen-bond acceptors (Lipinski definition) is 10. The van der Waals surface area contributed by atoms with Gasteiger partial charge in [-0.1, -0.05) is 78.5 Å². The lowest BCUT2D eigenvalue weighted by atomic mass is 10.0. The fourth-order valence-electron chi connectivity index (χ4n) is 4.49. The molecule has 0 atom stereocenters. The molecule has 7 nitrogen and oxygen atoms in total. The third-order valence-corrected chi connectivity index (χ3v) is 11.3. The predicted molar refractivity (Wildman–Crippen MR) is 237 cm³/mol. The summed E-state index contributed by atoms with van der Waals surface area (Å²) in [6.07, 6.45) is 5.51. The first-order valence-electron chi connectivity index (χ1n) is 16.7. The summed E-state index contributed by atoms with van der Waals surface area (Å²) in [6, 6.07) is 15.1. The van der Waals surface area contributed by atoms with Gasteiger partial charge in [0.2, 0.25) is 0 Å². The van der Waals surface area contributed by atoms with Gasteiger partial charge in [-0.2, -0.15) is 19.8 Å². The molecule has 9 N–H and O–H groups in total. The summed E-state index contributed by atoms with van der Waals surface area (Å²) in [7, 11) is -4.00. The van der Waals surface area contributed by atoms with Gasteiger partial charge in [0.1, 0.15) is 0 Å². The number of nitrogen functional groups attached to an aromatic ring is 4. The maximum atomic E-state index is 10.4. The monoisotopic (exact) mass is 800 g/mol. The van der Waals surface area contributed by atoms with Crippen molar-refractivity contribution in [3.05, 3.63) is 115 Å². The van der Waals surface area contributed by atoms with Gasteiger partial charge < -0.3 is 22.9 Å². The molecule has 0 aliphatic rings. The van der Waals surface area contributed by atoms with E-state index in [1.807, 2.05) is 51.2 Å². The van der Waals surface area contributed by atoms with E-state index >= 15 is 0 Å². The highest BCUT2D eigenvalue weighted by atomic mass is 32.2. The summed E-state index contributed by atoms with van der Waals surface area (Å²) in [4.78, 5) is 3.51. The molecule has 0 unspecified atom stereocenters. The zero-order valence-electron chi connectivity index (χ0n) is 31.5. The molecule has 5 rings (SSSR count). The van der Waals surface area contributed by atoms with E-state index in [1.165, 1.54) is 33.0 Å². The van der Waals surface area contributed by atoms with E-state index in [-0.39, 0.29) is 4.90 Å². The zero-order chi connectivity index (χ0) is 39.4. The van der Waals surface area contributed by atoms with Crippen LogP contribution in [0.1, 0.15) is 76.4 Å². The molecule has 1 aromatic carbocycles. The minimum absolute atomic E-state index is 0.0741. The van der Waals surface area contributed by atoms with Crippen molar-refractivity contribution in [3.63, 3.8) is 0 Å². The molecule has 52 heavy (non-hydrogen) atoms. The second-order valence-electron chi connectivity index (χ2n) is 12.8. The third kappa shape index (κ3) is 18.7. The van der Waals surface area contributed by atoms with Crippen LogP contribution >= 0.6 is 45.3 Å². The SMILES string of the molecule is C/C(=C/C(C)C)c1sccc1N.C/C(=C\C(C)C)c1sccc1N.C=C(CC(C)C)c1sccc1N.Nc1ccsc1.O=S(=O)(O)c1ccccc1. The van der Waals surface area contributed by atoms with E-state index in [2.05, 4.69) is 74.1 Å². The zero-order valence-corrected chi connectivity index (χ0v) is 35.6. The highest BCUT2D eigenvalue weighted by Gasteiger charge is 2.07. The standard InChI is InChI=1S/3C10H15NS.C6H6O3S.C4H5NS/c3*1-7(2)6-8(3)10-9(11)4-5-12-10;7-10(8,9)6-4-2-1-3-5-6;5-4-1-2-6-3-4/h2*4-7H,11H2,1-3H3;4-5,7H,3,6,11H2,1-2H3;1-5H,(H,7,8,9);1-3H,5H2/b8-6+;8-6-;;;. The van der Waals surface area contributed by atoms with Gasteiger partial charge in [-0.05, 0) is 113 Å².